The minimum atomic E-state index is -3.54. The normalized spacial score (nSPS) is 19.5. The third kappa shape index (κ3) is 4.53. The Morgan fingerprint density at radius 2 is 2.04 bits per heavy atom. The molecule has 0 radical (unpaired) electrons. The molecule has 1 aromatic rings. The first-order valence-corrected chi connectivity index (χ1v) is 9.44. The molecule has 0 saturated carbocycles. The van der Waals surface area contributed by atoms with Gasteiger partial charge in [-0.15, -0.1) is 0 Å². The molecule has 0 bridgehead atoms. The van der Waals surface area contributed by atoms with Gasteiger partial charge in [0.15, 0.2) is 0 Å². The van der Waals surface area contributed by atoms with Crippen molar-refractivity contribution >= 4 is 15.9 Å². The zero-order chi connectivity index (χ0) is 16.9. The Hall–Kier alpha value is -1.44. The van der Waals surface area contributed by atoms with Crippen molar-refractivity contribution < 1.29 is 13.2 Å². The van der Waals surface area contributed by atoms with E-state index in [1.807, 2.05) is 6.92 Å². The van der Waals surface area contributed by atoms with Crippen molar-refractivity contribution in [2.45, 2.75) is 31.1 Å². The van der Waals surface area contributed by atoms with Crippen LogP contribution in [-0.2, 0) is 14.8 Å². The monoisotopic (exact) mass is 339 g/mol. The first kappa shape index (κ1) is 17.9. The molecule has 1 atom stereocenters. The van der Waals surface area contributed by atoms with Crippen LogP contribution in [0.2, 0.25) is 0 Å². The Balaban J connectivity index is 2.05. The van der Waals surface area contributed by atoms with Crippen LogP contribution in [0, 0.1) is 12.8 Å². The van der Waals surface area contributed by atoms with Crippen molar-refractivity contribution in [2.75, 3.05) is 26.2 Å². The fraction of sp³-hybridized carbons (Fsp3) is 0.562. The summed E-state index contributed by atoms with van der Waals surface area (Å²) in [6.07, 6.45) is 2.14. The van der Waals surface area contributed by atoms with Gasteiger partial charge in [0.2, 0.25) is 15.9 Å². The highest BCUT2D eigenvalue weighted by atomic mass is 32.2. The van der Waals surface area contributed by atoms with Gasteiger partial charge < -0.3 is 11.1 Å². The van der Waals surface area contributed by atoms with E-state index < -0.39 is 10.0 Å². The van der Waals surface area contributed by atoms with Gasteiger partial charge in [0.25, 0.3) is 0 Å². The van der Waals surface area contributed by atoms with E-state index in [4.69, 9.17) is 5.73 Å². The van der Waals surface area contributed by atoms with E-state index in [1.54, 1.807) is 24.3 Å². The number of aryl methyl sites for hydroxylation is 1. The molecule has 2 rings (SSSR count). The van der Waals surface area contributed by atoms with E-state index in [0.717, 1.165) is 12.0 Å². The van der Waals surface area contributed by atoms with Crippen LogP contribution in [0.5, 0.6) is 0 Å². The number of rotatable bonds is 6. The summed E-state index contributed by atoms with van der Waals surface area (Å²) in [5, 5.41) is 2.83. The molecule has 0 aliphatic carbocycles. The maximum Gasteiger partial charge on any atom is 0.243 e. The number of nitrogens with zero attached hydrogens (tertiary/aromatic N) is 1. The number of hydrogen-bond acceptors (Lipinski definition) is 4. The summed E-state index contributed by atoms with van der Waals surface area (Å²) in [5.41, 5.74) is 6.42. The second-order valence-electron chi connectivity index (χ2n) is 5.95. The zero-order valence-electron chi connectivity index (χ0n) is 13.5. The molecule has 1 fully saturated rings. The van der Waals surface area contributed by atoms with Crippen LogP contribution >= 0.6 is 0 Å². The Labute approximate surface area is 138 Å². The molecule has 128 valence electrons. The Morgan fingerprint density at radius 1 is 1.35 bits per heavy atom. The highest BCUT2D eigenvalue weighted by Crippen LogP contribution is 2.24. The van der Waals surface area contributed by atoms with Crippen LogP contribution in [0.1, 0.15) is 24.8 Å². The van der Waals surface area contributed by atoms with Crippen molar-refractivity contribution in [3.63, 3.8) is 0 Å². The fourth-order valence-electron chi connectivity index (χ4n) is 2.69. The van der Waals surface area contributed by atoms with Crippen LogP contribution in [0.4, 0.5) is 0 Å². The number of benzene rings is 1. The van der Waals surface area contributed by atoms with Gasteiger partial charge in [-0.2, -0.15) is 4.31 Å². The minimum Gasteiger partial charge on any atom is -0.356 e. The molecular formula is C16H25N3O3S. The average Bonchev–Trinajstić information content (AvgIpc) is 2.55. The van der Waals surface area contributed by atoms with Crippen LogP contribution in [-0.4, -0.2) is 44.8 Å². The molecule has 1 heterocycles. The molecule has 0 spiro atoms. The summed E-state index contributed by atoms with van der Waals surface area (Å²) >= 11 is 0. The lowest BCUT2D eigenvalue weighted by molar-refractivity contribution is -0.126. The number of piperidine rings is 1. The fourth-order valence-corrected chi connectivity index (χ4v) is 4.22. The van der Waals surface area contributed by atoms with Crippen LogP contribution < -0.4 is 11.1 Å². The summed E-state index contributed by atoms with van der Waals surface area (Å²) in [4.78, 5) is 12.4. The predicted molar refractivity (Wildman–Crippen MR) is 89.3 cm³/mol. The maximum atomic E-state index is 12.7. The Morgan fingerprint density at radius 3 is 2.70 bits per heavy atom. The third-order valence-corrected chi connectivity index (χ3v) is 5.97. The topological polar surface area (TPSA) is 92.5 Å². The molecular weight excluding hydrogens is 314 g/mol. The summed E-state index contributed by atoms with van der Waals surface area (Å²) in [7, 11) is -3.54. The largest absolute Gasteiger partial charge is 0.356 e. The third-order valence-electron chi connectivity index (χ3n) is 4.09. The average molecular weight is 339 g/mol. The summed E-state index contributed by atoms with van der Waals surface area (Å²) in [6, 6.07) is 6.81. The predicted octanol–water partition coefficient (Wildman–Crippen LogP) is 0.861. The van der Waals surface area contributed by atoms with Crippen molar-refractivity contribution in [3.8, 4) is 0 Å². The van der Waals surface area contributed by atoms with Crippen LogP contribution in [0.15, 0.2) is 29.2 Å². The van der Waals surface area contributed by atoms with Gasteiger partial charge >= 0.3 is 0 Å². The minimum absolute atomic E-state index is 0.0812. The number of hydrogen-bond donors (Lipinski definition) is 2. The lowest BCUT2D eigenvalue weighted by Crippen LogP contribution is -2.45. The van der Waals surface area contributed by atoms with Crippen molar-refractivity contribution in [1.82, 2.24) is 9.62 Å². The molecule has 23 heavy (non-hydrogen) atoms. The standard InChI is InChI=1S/C16H25N3O3S/c1-13-5-7-15(8-6-13)23(21,22)19-11-2-4-14(12-19)16(20)18-10-3-9-17/h5-8,14H,2-4,9-12,17H2,1H3,(H,18,20). The van der Waals surface area contributed by atoms with Gasteiger partial charge in [-0.3, -0.25) is 4.79 Å². The van der Waals surface area contributed by atoms with Crippen LogP contribution in [0.3, 0.4) is 0 Å². The Kier molecular flexibility index (Phi) is 6.15. The van der Waals surface area contributed by atoms with E-state index in [0.29, 0.717) is 32.5 Å². The lowest BCUT2D eigenvalue weighted by atomic mass is 9.99. The molecule has 3 N–H and O–H groups in total. The second kappa shape index (κ2) is 7.90. The smallest absolute Gasteiger partial charge is 0.243 e. The van der Waals surface area contributed by atoms with E-state index in [9.17, 15) is 13.2 Å². The Bertz CT molecular complexity index is 628. The number of carbonyl (C=O) groups is 1. The van der Waals surface area contributed by atoms with Gasteiger partial charge in [-0.25, -0.2) is 8.42 Å². The van der Waals surface area contributed by atoms with Gasteiger partial charge in [-0.1, -0.05) is 17.7 Å². The maximum absolute atomic E-state index is 12.7. The number of nitrogens with two attached hydrogens (primary N) is 1. The number of carbonyl (C=O) groups excluding carboxylic acids is 1. The quantitative estimate of drug-likeness (QED) is 0.752. The second-order valence-corrected chi connectivity index (χ2v) is 7.89. The molecule has 1 amide bonds. The number of amides is 1. The summed E-state index contributed by atoms with van der Waals surface area (Å²) in [5.74, 6) is -0.371. The van der Waals surface area contributed by atoms with E-state index in [1.165, 1.54) is 4.31 Å². The molecule has 1 aliphatic heterocycles. The molecule has 1 saturated heterocycles. The molecule has 1 unspecified atom stereocenters. The van der Waals surface area contributed by atoms with Gasteiger partial charge in [0.1, 0.15) is 0 Å². The highest BCUT2D eigenvalue weighted by molar-refractivity contribution is 7.89. The van der Waals surface area contributed by atoms with Gasteiger partial charge in [-0.05, 0) is 44.9 Å². The molecule has 7 heteroatoms. The lowest BCUT2D eigenvalue weighted by Gasteiger charge is -2.31. The van der Waals surface area contributed by atoms with E-state index >= 15 is 0 Å². The SMILES string of the molecule is Cc1ccc(S(=O)(=O)N2CCCC(C(=O)NCCCN)C2)cc1. The van der Waals surface area contributed by atoms with Gasteiger partial charge in [0.05, 0.1) is 10.8 Å². The number of nitrogens with one attached hydrogen (secondary N) is 1. The molecule has 1 aliphatic rings. The van der Waals surface area contributed by atoms with Crippen molar-refractivity contribution in [3.05, 3.63) is 29.8 Å². The van der Waals surface area contributed by atoms with Crippen molar-refractivity contribution in [2.24, 2.45) is 11.7 Å². The first-order chi connectivity index (χ1) is 10.9. The van der Waals surface area contributed by atoms with Crippen LogP contribution in [0.25, 0.3) is 0 Å². The van der Waals surface area contributed by atoms with Crippen molar-refractivity contribution in [1.29, 1.82) is 0 Å². The highest BCUT2D eigenvalue weighted by Gasteiger charge is 2.33. The van der Waals surface area contributed by atoms with Gasteiger partial charge in [0, 0.05) is 19.6 Å². The van der Waals surface area contributed by atoms with E-state index in [-0.39, 0.29) is 23.3 Å². The first-order valence-electron chi connectivity index (χ1n) is 7.99. The zero-order valence-corrected chi connectivity index (χ0v) is 14.3. The molecule has 6 nitrogen and oxygen atoms in total. The number of sulfonamides is 1. The molecule has 0 aromatic heterocycles. The summed E-state index contributed by atoms with van der Waals surface area (Å²) < 4.78 is 26.8. The summed E-state index contributed by atoms with van der Waals surface area (Å²) in [6.45, 7) is 3.68. The molecule has 1 aromatic carbocycles. The van der Waals surface area contributed by atoms with E-state index in [2.05, 4.69) is 5.32 Å².